The monoisotopic (exact) mass is 250 g/mol. The summed E-state index contributed by atoms with van der Waals surface area (Å²) in [6.45, 7) is 1.77. The van der Waals surface area contributed by atoms with Crippen molar-refractivity contribution < 1.29 is 13.5 Å². The van der Waals surface area contributed by atoms with Crippen molar-refractivity contribution in [3.8, 4) is 11.6 Å². The van der Waals surface area contributed by atoms with Crippen molar-refractivity contribution >= 4 is 0 Å². The zero-order valence-corrected chi connectivity index (χ0v) is 9.73. The van der Waals surface area contributed by atoms with E-state index in [4.69, 9.17) is 10.5 Å². The molecule has 5 heteroatoms. The molecule has 0 bridgehead atoms. The van der Waals surface area contributed by atoms with Crippen LogP contribution in [0.4, 0.5) is 8.78 Å². The van der Waals surface area contributed by atoms with Gasteiger partial charge in [-0.3, -0.25) is 0 Å². The zero-order valence-electron chi connectivity index (χ0n) is 9.73. The molecule has 18 heavy (non-hydrogen) atoms. The SMILES string of the molecule is CC(N)c1cccnc1Oc1ccc(F)cc1F. The average molecular weight is 250 g/mol. The van der Waals surface area contributed by atoms with Crippen LogP contribution in [0.15, 0.2) is 36.5 Å². The normalized spacial score (nSPS) is 12.2. The van der Waals surface area contributed by atoms with Gasteiger partial charge in [0.2, 0.25) is 5.88 Å². The molecule has 0 fully saturated rings. The molecule has 1 unspecified atom stereocenters. The minimum atomic E-state index is -0.781. The Morgan fingerprint density at radius 3 is 2.72 bits per heavy atom. The molecule has 1 atom stereocenters. The van der Waals surface area contributed by atoms with Crippen LogP contribution in [-0.2, 0) is 0 Å². The van der Waals surface area contributed by atoms with E-state index in [0.29, 0.717) is 5.56 Å². The van der Waals surface area contributed by atoms with Crippen molar-refractivity contribution in [2.75, 3.05) is 0 Å². The van der Waals surface area contributed by atoms with E-state index in [0.717, 1.165) is 12.1 Å². The molecular formula is C13H12F2N2O. The van der Waals surface area contributed by atoms with Crippen molar-refractivity contribution in [2.45, 2.75) is 13.0 Å². The third-order valence-corrected chi connectivity index (χ3v) is 2.39. The number of rotatable bonds is 3. The highest BCUT2D eigenvalue weighted by Gasteiger charge is 2.12. The van der Waals surface area contributed by atoms with E-state index < -0.39 is 11.6 Å². The number of pyridine rings is 1. The predicted octanol–water partition coefficient (Wildman–Crippen LogP) is 3.17. The summed E-state index contributed by atoms with van der Waals surface area (Å²) in [5, 5.41) is 0. The van der Waals surface area contributed by atoms with Gasteiger partial charge >= 0.3 is 0 Å². The first-order valence-corrected chi connectivity index (χ1v) is 5.41. The van der Waals surface area contributed by atoms with Gasteiger partial charge in [-0.05, 0) is 25.1 Å². The van der Waals surface area contributed by atoms with Crippen LogP contribution in [0.2, 0.25) is 0 Å². The average Bonchev–Trinajstić information content (AvgIpc) is 2.33. The van der Waals surface area contributed by atoms with Crippen molar-refractivity contribution in [1.29, 1.82) is 0 Å². The molecule has 94 valence electrons. The van der Waals surface area contributed by atoms with Gasteiger partial charge in [-0.15, -0.1) is 0 Å². The maximum atomic E-state index is 13.4. The molecule has 2 rings (SSSR count). The fourth-order valence-electron chi connectivity index (χ4n) is 1.50. The number of nitrogens with zero attached hydrogens (tertiary/aromatic N) is 1. The van der Waals surface area contributed by atoms with Crippen molar-refractivity contribution in [1.82, 2.24) is 4.98 Å². The third kappa shape index (κ3) is 2.62. The highest BCUT2D eigenvalue weighted by molar-refractivity contribution is 5.34. The van der Waals surface area contributed by atoms with Crippen LogP contribution in [0.5, 0.6) is 11.6 Å². The van der Waals surface area contributed by atoms with E-state index in [1.54, 1.807) is 19.1 Å². The summed E-state index contributed by atoms with van der Waals surface area (Å²) in [5.41, 5.74) is 6.41. The number of halogens is 2. The van der Waals surface area contributed by atoms with E-state index in [2.05, 4.69) is 4.98 Å². The number of benzene rings is 1. The lowest BCUT2D eigenvalue weighted by atomic mass is 10.1. The van der Waals surface area contributed by atoms with Gasteiger partial charge in [0.15, 0.2) is 11.6 Å². The number of nitrogens with two attached hydrogens (primary N) is 1. The number of aromatic nitrogens is 1. The molecule has 0 radical (unpaired) electrons. The highest BCUT2D eigenvalue weighted by atomic mass is 19.1. The Kier molecular flexibility index (Phi) is 3.53. The molecule has 1 heterocycles. The first-order chi connectivity index (χ1) is 8.58. The lowest BCUT2D eigenvalue weighted by Gasteiger charge is -2.12. The van der Waals surface area contributed by atoms with E-state index in [1.165, 1.54) is 12.3 Å². The number of hydrogen-bond acceptors (Lipinski definition) is 3. The van der Waals surface area contributed by atoms with Crippen molar-refractivity contribution in [3.63, 3.8) is 0 Å². The topological polar surface area (TPSA) is 48.1 Å². The zero-order chi connectivity index (χ0) is 13.1. The Hall–Kier alpha value is -2.01. The lowest BCUT2D eigenvalue weighted by molar-refractivity contribution is 0.416. The summed E-state index contributed by atoms with van der Waals surface area (Å²) in [6.07, 6.45) is 1.52. The standard InChI is InChI=1S/C13H12F2N2O/c1-8(16)10-3-2-6-17-13(10)18-12-5-4-9(14)7-11(12)15/h2-8H,16H2,1H3. The van der Waals surface area contributed by atoms with Gasteiger partial charge in [0.1, 0.15) is 5.82 Å². The summed E-state index contributed by atoms with van der Waals surface area (Å²) in [6, 6.07) is 6.25. The molecule has 0 spiro atoms. The third-order valence-electron chi connectivity index (χ3n) is 2.39. The molecule has 2 aromatic rings. The smallest absolute Gasteiger partial charge is 0.224 e. The van der Waals surface area contributed by atoms with Crippen LogP contribution in [0.25, 0.3) is 0 Å². The van der Waals surface area contributed by atoms with Crippen molar-refractivity contribution in [3.05, 3.63) is 53.7 Å². The molecule has 2 N–H and O–H groups in total. The Morgan fingerprint density at radius 2 is 2.06 bits per heavy atom. The Balaban J connectivity index is 2.34. The minimum Gasteiger partial charge on any atom is -0.436 e. The quantitative estimate of drug-likeness (QED) is 0.910. The van der Waals surface area contributed by atoms with Crippen molar-refractivity contribution in [2.24, 2.45) is 5.73 Å². The van der Waals surface area contributed by atoms with Crippen LogP contribution >= 0.6 is 0 Å². The Morgan fingerprint density at radius 1 is 1.28 bits per heavy atom. The first kappa shape index (κ1) is 12.4. The summed E-state index contributed by atoms with van der Waals surface area (Å²) < 4.78 is 31.5. The molecule has 0 amide bonds. The van der Waals surface area contributed by atoms with Crippen LogP contribution in [0.1, 0.15) is 18.5 Å². The number of ether oxygens (including phenoxy) is 1. The fraction of sp³-hybridized carbons (Fsp3) is 0.154. The maximum Gasteiger partial charge on any atom is 0.224 e. The molecule has 1 aromatic heterocycles. The van der Waals surface area contributed by atoms with Gasteiger partial charge in [-0.2, -0.15) is 0 Å². The summed E-state index contributed by atoms with van der Waals surface area (Å²) >= 11 is 0. The van der Waals surface area contributed by atoms with E-state index in [9.17, 15) is 8.78 Å². The first-order valence-electron chi connectivity index (χ1n) is 5.41. The summed E-state index contributed by atoms with van der Waals surface area (Å²) in [7, 11) is 0. The van der Waals surface area contributed by atoms with Gasteiger partial charge in [0.25, 0.3) is 0 Å². The van der Waals surface area contributed by atoms with Crippen LogP contribution < -0.4 is 10.5 Å². The van der Waals surface area contributed by atoms with Gasteiger partial charge < -0.3 is 10.5 Å². The molecule has 0 aliphatic carbocycles. The van der Waals surface area contributed by atoms with Crippen LogP contribution in [-0.4, -0.2) is 4.98 Å². The second-order valence-corrected chi connectivity index (χ2v) is 3.86. The van der Waals surface area contributed by atoms with Crippen LogP contribution in [0, 0.1) is 11.6 Å². The molecule has 3 nitrogen and oxygen atoms in total. The number of hydrogen-bond donors (Lipinski definition) is 1. The summed E-state index contributed by atoms with van der Waals surface area (Å²) in [5.74, 6) is -1.31. The second kappa shape index (κ2) is 5.10. The molecule has 0 saturated heterocycles. The largest absolute Gasteiger partial charge is 0.436 e. The van der Waals surface area contributed by atoms with E-state index in [-0.39, 0.29) is 17.7 Å². The Labute approximate surface area is 103 Å². The maximum absolute atomic E-state index is 13.4. The molecule has 0 aliphatic heterocycles. The predicted molar refractivity (Wildman–Crippen MR) is 63.3 cm³/mol. The van der Waals surface area contributed by atoms with Gasteiger partial charge in [-0.25, -0.2) is 13.8 Å². The highest BCUT2D eigenvalue weighted by Crippen LogP contribution is 2.28. The van der Waals surface area contributed by atoms with Gasteiger partial charge in [0.05, 0.1) is 0 Å². The molecule has 1 aromatic carbocycles. The van der Waals surface area contributed by atoms with E-state index in [1.807, 2.05) is 0 Å². The lowest BCUT2D eigenvalue weighted by Crippen LogP contribution is -2.07. The second-order valence-electron chi connectivity index (χ2n) is 3.86. The summed E-state index contributed by atoms with van der Waals surface area (Å²) in [4.78, 5) is 4.00. The molecule has 0 aliphatic rings. The fourth-order valence-corrected chi connectivity index (χ4v) is 1.50. The Bertz CT molecular complexity index is 558. The van der Waals surface area contributed by atoms with E-state index >= 15 is 0 Å². The van der Waals surface area contributed by atoms with Gasteiger partial charge in [0, 0.05) is 23.9 Å². The minimum absolute atomic E-state index is 0.0861. The van der Waals surface area contributed by atoms with Crippen LogP contribution in [0.3, 0.4) is 0 Å². The molecule has 0 saturated carbocycles. The van der Waals surface area contributed by atoms with Gasteiger partial charge in [-0.1, -0.05) is 6.07 Å². The molecular weight excluding hydrogens is 238 g/mol.